The van der Waals surface area contributed by atoms with Crippen LogP contribution in [0, 0.1) is 23.5 Å². The number of aromatic nitrogens is 26. The van der Waals surface area contributed by atoms with E-state index in [0.717, 1.165) is 24.5 Å². The molecule has 14 heterocycles. The van der Waals surface area contributed by atoms with Crippen molar-refractivity contribution in [2.45, 2.75) is 0 Å². The maximum atomic E-state index is 12.2. The largest absolute Gasteiger partial charge is 3.00 e. The second-order valence-electron chi connectivity index (χ2n) is 16.9. The molecule has 28 nitrogen and oxygen atoms in total. The Kier molecular flexibility index (Phi) is 17.1. The Bertz CT molecular complexity index is 3110. The summed E-state index contributed by atoms with van der Waals surface area (Å²) in [6, 6.07) is 24.4. The van der Waals surface area contributed by atoms with E-state index in [-0.39, 0.29) is 20.1 Å². The monoisotopic (exact) mass is 1290 g/mol. The van der Waals surface area contributed by atoms with E-state index in [4.69, 9.17) is 11.5 Å². The third-order valence-electron chi connectivity index (χ3n) is 12.3. The number of nitrogen functional groups attached to an aromatic ring is 2. The summed E-state index contributed by atoms with van der Waals surface area (Å²) in [5, 5.41) is 53.0. The molecular weight excluding hydrogens is 1250 g/mol. The van der Waals surface area contributed by atoms with Crippen molar-refractivity contribution < 1.29 is 37.7 Å². The van der Waals surface area contributed by atoms with E-state index < -0.39 is 55.0 Å². The summed E-state index contributed by atoms with van der Waals surface area (Å²) in [6.45, 7) is -5.50. The number of nitrogens with two attached hydrogens (primary N) is 2. The molecule has 14 aromatic rings. The summed E-state index contributed by atoms with van der Waals surface area (Å²) in [4.78, 5) is 6.22. The average Bonchev–Trinajstić information content (AvgIpc) is 4.46. The molecule has 0 saturated heterocycles. The first-order chi connectivity index (χ1) is 39.7. The van der Waals surface area contributed by atoms with Crippen LogP contribution in [0.25, 0.3) is 0 Å². The topological polar surface area (TPSA) is 292 Å². The molecule has 0 saturated carbocycles. The van der Waals surface area contributed by atoms with Crippen LogP contribution in [-0.2, 0) is 20.1 Å². The first kappa shape index (κ1) is 55.7. The van der Waals surface area contributed by atoms with Crippen molar-refractivity contribution in [3.8, 4) is 0 Å². The van der Waals surface area contributed by atoms with Gasteiger partial charge in [-0.05, 0) is 159 Å². The van der Waals surface area contributed by atoms with E-state index in [9.17, 15) is 17.6 Å². The van der Waals surface area contributed by atoms with Crippen molar-refractivity contribution >= 4 is 31.4 Å². The molecule has 0 radical (unpaired) electrons. The molecule has 82 heavy (non-hydrogen) atoms. The van der Waals surface area contributed by atoms with Gasteiger partial charge in [-0.25, -0.2) is 79.9 Å². The van der Waals surface area contributed by atoms with Gasteiger partial charge in [-0.3, -0.25) is 0 Å². The summed E-state index contributed by atoms with van der Waals surface area (Å²) in [5.74, 6) is -3.48. The number of anilines is 2. The van der Waals surface area contributed by atoms with Gasteiger partial charge in [-0.1, -0.05) is 0 Å². The summed E-state index contributed by atoms with van der Waals surface area (Å²) < 4.78 is 70.3. The van der Waals surface area contributed by atoms with Gasteiger partial charge in [0.2, 0.25) is 11.9 Å². The summed E-state index contributed by atoms with van der Waals surface area (Å²) in [7, 11) is 0. The van der Waals surface area contributed by atoms with Gasteiger partial charge in [0.15, 0.2) is 11.6 Å². The van der Waals surface area contributed by atoms with Crippen LogP contribution in [-0.4, -0.2) is 146 Å². The third-order valence-corrected chi connectivity index (χ3v) is 12.3. The van der Waals surface area contributed by atoms with E-state index in [1.165, 1.54) is 0 Å². The third kappa shape index (κ3) is 10.7. The van der Waals surface area contributed by atoms with Crippen molar-refractivity contribution in [3.63, 3.8) is 0 Å². The van der Waals surface area contributed by atoms with E-state index in [1.54, 1.807) is 74.4 Å². The molecule has 0 aromatic carbocycles. The predicted molar refractivity (Wildman–Crippen MR) is 286 cm³/mol. The standard InChI is InChI=1S/3C12H12BN8.2C5H4F2N2.Ir/c3*1-5-14-18(9-1)13(19-10-2-6-15-19,20-11-3-7-16-20)21-12-4-8-17-21;2*6-3-1-2-9-5(7)4(3)8;/h3*1-12H;2*1-2H,8H2;/q3*-1;;;+3. The van der Waals surface area contributed by atoms with Gasteiger partial charge < -0.3 is 66.6 Å². The van der Waals surface area contributed by atoms with Gasteiger partial charge in [0.1, 0.15) is 11.4 Å². The first-order valence-electron chi connectivity index (χ1n) is 24.2. The van der Waals surface area contributed by atoms with Crippen molar-refractivity contribution in [2.24, 2.45) is 0 Å². The second-order valence-corrected chi connectivity index (χ2v) is 16.9. The minimum absolute atomic E-state index is 0. The Morgan fingerprint density at radius 2 is 0.402 bits per heavy atom. The smallest absolute Gasteiger partial charge is 0.393 e. The predicted octanol–water partition coefficient (Wildman–Crippen LogP) is 3.09. The molecule has 36 heteroatoms. The number of hydrogen-bond acceptors (Lipinski definition) is 16. The molecule has 0 fully saturated rings. The SMILES string of the molecule is Nc1c(F)ccnc1F.Nc1c(F)ccnc1F.[Ir+3].c1cnn([B-](n2cccn2)(n2cccn2)n2cccn2)c1.c1cnn([B-](n2cccn2)(n2cccn2)n2cccn2)c1.c1cnn([B-](n2cccn2)(n2cccn2)n2cccn2)c1. The van der Waals surface area contributed by atoms with Gasteiger partial charge in [-0.15, -0.1) is 0 Å². The minimum atomic E-state index is -1.83. The van der Waals surface area contributed by atoms with Gasteiger partial charge in [0.05, 0.1) is 0 Å². The molecule has 0 amide bonds. The van der Waals surface area contributed by atoms with Crippen LogP contribution in [0.4, 0.5) is 28.9 Å². The summed E-state index contributed by atoms with van der Waals surface area (Å²) >= 11 is 0. The molecule has 4 N–H and O–H groups in total. The zero-order chi connectivity index (χ0) is 56.1. The Morgan fingerprint density at radius 1 is 0.256 bits per heavy atom. The fourth-order valence-corrected chi connectivity index (χ4v) is 8.86. The maximum Gasteiger partial charge on any atom is 3.00 e. The van der Waals surface area contributed by atoms with Gasteiger partial charge >= 0.3 is 40.2 Å². The maximum absolute atomic E-state index is 12.2. The van der Waals surface area contributed by atoms with E-state index in [1.807, 2.05) is 202 Å². The van der Waals surface area contributed by atoms with Crippen LogP contribution in [0.15, 0.2) is 246 Å². The Balaban J connectivity index is 0.000000128. The van der Waals surface area contributed by atoms with Crippen LogP contribution in [0.1, 0.15) is 0 Å². The molecule has 0 spiro atoms. The summed E-state index contributed by atoms with van der Waals surface area (Å²) in [5.41, 5.74) is 8.68. The van der Waals surface area contributed by atoms with Crippen molar-refractivity contribution in [2.75, 3.05) is 11.5 Å². The number of rotatable bonds is 12. The van der Waals surface area contributed by atoms with E-state index in [0.29, 0.717) is 0 Å². The van der Waals surface area contributed by atoms with Gasteiger partial charge in [0.25, 0.3) is 0 Å². The molecule has 0 atom stereocenters. The van der Waals surface area contributed by atoms with Crippen LogP contribution in [0.3, 0.4) is 0 Å². The van der Waals surface area contributed by atoms with E-state index in [2.05, 4.69) is 71.2 Å². The number of nitrogens with zero attached hydrogens (tertiary/aromatic N) is 26. The van der Waals surface area contributed by atoms with Crippen LogP contribution in [0.5, 0.6) is 0 Å². The normalized spacial score (nSPS) is 11.2. The molecule has 0 aliphatic rings. The zero-order valence-electron chi connectivity index (χ0n) is 42.5. The molecule has 14 rings (SSSR count). The average molecular weight is 1290 g/mol. The van der Waals surface area contributed by atoms with Crippen LogP contribution >= 0.6 is 0 Å². The van der Waals surface area contributed by atoms with Gasteiger partial charge in [-0.2, -0.15) is 8.78 Å². The second kappa shape index (κ2) is 25.2. The number of hydrogen-bond donors (Lipinski definition) is 2. The first-order valence-corrected chi connectivity index (χ1v) is 24.2. The molecule has 0 aliphatic carbocycles. The summed E-state index contributed by atoms with van der Waals surface area (Å²) in [6.07, 6.45) is 45.3. The Hall–Kier alpha value is -11.0. The van der Waals surface area contributed by atoms with Crippen molar-refractivity contribution in [1.29, 1.82) is 0 Å². The molecule has 414 valence electrons. The molecule has 0 unspecified atom stereocenters. The number of pyridine rings is 2. The van der Waals surface area contributed by atoms with Crippen molar-refractivity contribution in [1.82, 2.24) is 126 Å². The Labute approximate surface area is 474 Å². The fraction of sp³-hybridized carbons (Fsp3) is 0. The van der Waals surface area contributed by atoms with E-state index >= 15 is 0 Å². The quantitative estimate of drug-likeness (QED) is 0.101. The number of halogens is 4. The minimum Gasteiger partial charge on any atom is -0.393 e. The van der Waals surface area contributed by atoms with Crippen molar-refractivity contribution in [3.05, 3.63) is 270 Å². The molecule has 0 bridgehead atoms. The fourth-order valence-electron chi connectivity index (χ4n) is 8.86. The van der Waals surface area contributed by atoms with Crippen LogP contribution < -0.4 is 11.5 Å². The Morgan fingerprint density at radius 3 is 0.500 bits per heavy atom. The van der Waals surface area contributed by atoms with Gasteiger partial charge in [0, 0.05) is 86.8 Å². The zero-order valence-corrected chi connectivity index (χ0v) is 44.8. The molecular formula is C46H44B3F4IrN28. The molecule has 14 aromatic heterocycles. The molecule has 0 aliphatic heterocycles. The van der Waals surface area contributed by atoms with Crippen LogP contribution in [0.2, 0.25) is 0 Å².